The van der Waals surface area contributed by atoms with Crippen molar-refractivity contribution in [3.8, 4) is 11.5 Å². The number of halogens is 6. The fraction of sp³-hybridized carbons (Fsp3) is 0.429. The van der Waals surface area contributed by atoms with E-state index in [9.17, 15) is 13.2 Å². The van der Waals surface area contributed by atoms with E-state index in [2.05, 4.69) is 15.9 Å². The van der Waals surface area contributed by atoms with Crippen LogP contribution in [0.4, 0.5) is 13.2 Å². The summed E-state index contributed by atoms with van der Waals surface area (Å²) in [7, 11) is 0. The van der Waals surface area contributed by atoms with Crippen LogP contribution >= 0.6 is 39.1 Å². The summed E-state index contributed by atoms with van der Waals surface area (Å²) in [5.41, 5.74) is -2.12. The summed E-state index contributed by atoms with van der Waals surface area (Å²) < 4.78 is 51.2. The van der Waals surface area contributed by atoms with E-state index in [1.807, 2.05) is 0 Å². The van der Waals surface area contributed by atoms with Crippen LogP contribution in [0.2, 0.25) is 10.0 Å². The predicted molar refractivity (Wildman–Crippen MR) is 84.1 cm³/mol. The van der Waals surface area contributed by atoms with Crippen LogP contribution in [0.1, 0.15) is 25.8 Å². The van der Waals surface area contributed by atoms with Crippen LogP contribution in [-0.2, 0) is 0 Å². The van der Waals surface area contributed by atoms with Crippen molar-refractivity contribution >= 4 is 45.2 Å². The molecule has 1 aromatic carbocycles. The summed E-state index contributed by atoms with van der Waals surface area (Å²) in [4.78, 5) is 0. The van der Waals surface area contributed by atoms with Crippen molar-refractivity contribution in [3.05, 3.63) is 26.2 Å². The Labute approximate surface area is 144 Å². The maximum Gasteiger partial charge on any atom is 0.432 e. The molecule has 2 nitrogen and oxygen atoms in total. The molecule has 0 spiro atoms. The summed E-state index contributed by atoms with van der Waals surface area (Å²) in [5.74, 6) is -0.0522. The van der Waals surface area contributed by atoms with Crippen molar-refractivity contribution in [2.24, 2.45) is 0 Å². The van der Waals surface area contributed by atoms with Gasteiger partial charge in [-0.25, -0.2) is 0 Å². The van der Waals surface area contributed by atoms with Crippen LogP contribution in [-0.4, -0.2) is 18.4 Å². The molecule has 1 unspecified atom stereocenters. The Balaban J connectivity index is 2.70. The number of hydrogen-bond donors (Lipinski definition) is 0. The first-order valence-corrected chi connectivity index (χ1v) is 8.01. The van der Waals surface area contributed by atoms with Gasteiger partial charge < -0.3 is 9.47 Å². The molecule has 1 aliphatic rings. The maximum atomic E-state index is 13.4. The van der Waals surface area contributed by atoms with Gasteiger partial charge in [0.15, 0.2) is 11.5 Å². The summed E-state index contributed by atoms with van der Waals surface area (Å²) in [6, 6.07) is 0. The molecule has 2 rings (SSSR count). The standard InChI is InChI=1S/C14H12BrCl2F3O2/c1-3-13(14(18,19)20)6-5-7-9(16)8(15)10(17)12(21-4-2)11(7)22-13/h5-6H,3-4H2,1-2H3. The van der Waals surface area contributed by atoms with E-state index in [0.29, 0.717) is 10.0 Å². The minimum absolute atomic E-state index is 0.0434. The van der Waals surface area contributed by atoms with Gasteiger partial charge in [0.1, 0.15) is 5.02 Å². The van der Waals surface area contributed by atoms with Crippen LogP contribution in [0.3, 0.4) is 0 Å². The third kappa shape index (κ3) is 2.69. The lowest BCUT2D eigenvalue weighted by molar-refractivity contribution is -0.230. The van der Waals surface area contributed by atoms with E-state index in [1.165, 1.54) is 13.0 Å². The zero-order valence-electron chi connectivity index (χ0n) is 11.7. The number of fused-ring (bicyclic) bond motifs is 1. The second-order valence-corrected chi connectivity index (χ2v) is 6.17. The third-order valence-electron chi connectivity index (χ3n) is 3.37. The van der Waals surface area contributed by atoms with Gasteiger partial charge in [0.2, 0.25) is 5.60 Å². The van der Waals surface area contributed by atoms with Gasteiger partial charge in [-0.3, -0.25) is 0 Å². The van der Waals surface area contributed by atoms with E-state index < -0.39 is 11.8 Å². The minimum Gasteiger partial charge on any atom is -0.488 e. The van der Waals surface area contributed by atoms with Crippen molar-refractivity contribution in [2.45, 2.75) is 32.0 Å². The normalized spacial score (nSPS) is 20.5. The van der Waals surface area contributed by atoms with Gasteiger partial charge in [-0.1, -0.05) is 30.1 Å². The second kappa shape index (κ2) is 6.13. The minimum atomic E-state index is -4.58. The van der Waals surface area contributed by atoms with Crippen molar-refractivity contribution in [1.29, 1.82) is 0 Å². The first kappa shape index (κ1) is 17.8. The molecule has 1 heterocycles. The number of alkyl halides is 3. The zero-order chi connectivity index (χ0) is 16.7. The van der Waals surface area contributed by atoms with E-state index >= 15 is 0 Å². The Hall–Kier alpha value is -0.590. The molecule has 0 bridgehead atoms. The van der Waals surface area contributed by atoms with Crippen molar-refractivity contribution in [3.63, 3.8) is 0 Å². The molecule has 1 atom stereocenters. The summed E-state index contributed by atoms with van der Waals surface area (Å²) in [5, 5.41) is 0.250. The van der Waals surface area contributed by atoms with Gasteiger partial charge in [0, 0.05) is 5.56 Å². The van der Waals surface area contributed by atoms with Gasteiger partial charge in [0.05, 0.1) is 16.1 Å². The van der Waals surface area contributed by atoms with E-state index in [-0.39, 0.29) is 34.6 Å². The molecule has 0 amide bonds. The number of benzene rings is 1. The molecule has 0 N–H and O–H groups in total. The predicted octanol–water partition coefficient (Wildman–Crippen LogP) is 6.27. The Morgan fingerprint density at radius 3 is 2.41 bits per heavy atom. The van der Waals surface area contributed by atoms with Gasteiger partial charge in [-0.2, -0.15) is 13.2 Å². The molecule has 0 saturated carbocycles. The summed E-state index contributed by atoms with van der Waals surface area (Å²) >= 11 is 15.5. The molecule has 1 aliphatic heterocycles. The highest BCUT2D eigenvalue weighted by molar-refractivity contribution is 9.10. The Bertz CT molecular complexity index is 632. The third-order valence-corrected chi connectivity index (χ3v) is 5.37. The quantitative estimate of drug-likeness (QED) is 0.537. The highest BCUT2D eigenvalue weighted by atomic mass is 79.9. The van der Waals surface area contributed by atoms with Crippen LogP contribution in [0.15, 0.2) is 10.5 Å². The summed E-state index contributed by atoms with van der Waals surface area (Å²) in [6.07, 6.45) is -2.60. The highest BCUT2D eigenvalue weighted by Gasteiger charge is 2.56. The number of rotatable bonds is 3. The van der Waals surface area contributed by atoms with Crippen LogP contribution in [0.25, 0.3) is 6.08 Å². The fourth-order valence-corrected chi connectivity index (χ4v) is 3.06. The molecule has 22 heavy (non-hydrogen) atoms. The Morgan fingerprint density at radius 2 is 1.91 bits per heavy atom. The molecule has 1 aromatic rings. The molecule has 0 aliphatic carbocycles. The number of hydrogen-bond acceptors (Lipinski definition) is 2. The average molecular weight is 420 g/mol. The Morgan fingerprint density at radius 1 is 1.27 bits per heavy atom. The fourth-order valence-electron chi connectivity index (χ4n) is 2.14. The highest BCUT2D eigenvalue weighted by Crippen LogP contribution is 2.53. The summed E-state index contributed by atoms with van der Waals surface area (Å²) in [6.45, 7) is 3.31. The van der Waals surface area contributed by atoms with Crippen LogP contribution in [0.5, 0.6) is 11.5 Å². The molecular weight excluding hydrogens is 408 g/mol. The molecule has 8 heteroatoms. The van der Waals surface area contributed by atoms with E-state index in [0.717, 1.165) is 6.08 Å². The first-order chi connectivity index (χ1) is 10.2. The molecule has 122 valence electrons. The van der Waals surface area contributed by atoms with Crippen LogP contribution in [0, 0.1) is 0 Å². The lowest BCUT2D eigenvalue weighted by Crippen LogP contribution is -2.49. The molecular formula is C14H12BrCl2F3O2. The van der Waals surface area contributed by atoms with Gasteiger partial charge in [-0.15, -0.1) is 0 Å². The molecule has 0 fully saturated rings. The SMILES string of the molecule is CCOc1c(Cl)c(Br)c(Cl)c2c1OC(CC)(C(F)(F)F)C=C2. The van der Waals surface area contributed by atoms with Crippen molar-refractivity contribution in [1.82, 2.24) is 0 Å². The van der Waals surface area contributed by atoms with E-state index in [4.69, 9.17) is 32.7 Å². The zero-order valence-corrected chi connectivity index (χ0v) is 14.8. The smallest absolute Gasteiger partial charge is 0.432 e. The number of ether oxygens (including phenoxy) is 2. The van der Waals surface area contributed by atoms with Crippen molar-refractivity contribution < 1.29 is 22.6 Å². The second-order valence-electron chi connectivity index (χ2n) is 4.62. The van der Waals surface area contributed by atoms with Gasteiger partial charge >= 0.3 is 6.18 Å². The monoisotopic (exact) mass is 418 g/mol. The van der Waals surface area contributed by atoms with Gasteiger partial charge in [-0.05, 0) is 41.4 Å². The lowest BCUT2D eigenvalue weighted by Gasteiger charge is -2.36. The largest absolute Gasteiger partial charge is 0.488 e. The van der Waals surface area contributed by atoms with E-state index in [1.54, 1.807) is 6.92 Å². The lowest BCUT2D eigenvalue weighted by atomic mass is 9.94. The first-order valence-electron chi connectivity index (χ1n) is 6.46. The molecule has 0 saturated heterocycles. The van der Waals surface area contributed by atoms with Crippen molar-refractivity contribution in [2.75, 3.05) is 6.61 Å². The molecule has 0 radical (unpaired) electrons. The maximum absolute atomic E-state index is 13.4. The van der Waals surface area contributed by atoms with Crippen LogP contribution < -0.4 is 9.47 Å². The topological polar surface area (TPSA) is 18.5 Å². The average Bonchev–Trinajstić information content (AvgIpc) is 2.47. The molecule has 0 aromatic heterocycles. The Kier molecular flexibility index (Phi) is 4.95. The van der Waals surface area contributed by atoms with Gasteiger partial charge in [0.25, 0.3) is 0 Å².